The van der Waals surface area contributed by atoms with Gasteiger partial charge >= 0.3 is 0 Å². The normalized spacial score (nSPS) is 23.5. The van der Waals surface area contributed by atoms with Gasteiger partial charge in [-0.15, -0.1) is 11.3 Å². The fourth-order valence-electron chi connectivity index (χ4n) is 2.64. The molecule has 1 aromatic heterocycles. The van der Waals surface area contributed by atoms with E-state index in [4.69, 9.17) is 5.73 Å². The average Bonchev–Trinajstić information content (AvgIpc) is 2.77. The maximum atomic E-state index is 6.00. The van der Waals surface area contributed by atoms with Crippen LogP contribution >= 0.6 is 27.3 Å². The zero-order valence-corrected chi connectivity index (χ0v) is 13.5. The molecule has 5 heteroatoms. The van der Waals surface area contributed by atoms with Crippen molar-refractivity contribution in [1.82, 2.24) is 9.80 Å². The second-order valence-electron chi connectivity index (χ2n) is 5.15. The van der Waals surface area contributed by atoms with Crippen LogP contribution in [0.2, 0.25) is 0 Å². The van der Waals surface area contributed by atoms with Gasteiger partial charge in [0.05, 0.1) is 9.83 Å². The zero-order valence-electron chi connectivity index (χ0n) is 11.1. The van der Waals surface area contributed by atoms with Crippen LogP contribution in [0.4, 0.5) is 0 Å². The summed E-state index contributed by atoms with van der Waals surface area (Å²) in [5.74, 6) is 0. The van der Waals surface area contributed by atoms with E-state index >= 15 is 0 Å². The third-order valence-corrected chi connectivity index (χ3v) is 5.47. The van der Waals surface area contributed by atoms with Gasteiger partial charge in [-0.25, -0.2) is 0 Å². The second kappa shape index (κ2) is 6.48. The third-order valence-electron chi connectivity index (χ3n) is 3.74. The Morgan fingerprint density at radius 3 is 2.89 bits per heavy atom. The predicted molar refractivity (Wildman–Crippen MR) is 82.1 cm³/mol. The number of nitrogens with two attached hydrogens (primary N) is 1. The van der Waals surface area contributed by atoms with Gasteiger partial charge in [-0.2, -0.15) is 0 Å². The first-order valence-corrected chi connectivity index (χ1v) is 8.08. The summed E-state index contributed by atoms with van der Waals surface area (Å²) in [4.78, 5) is 6.26. The molecule has 102 valence electrons. The van der Waals surface area contributed by atoms with Crippen molar-refractivity contribution in [1.29, 1.82) is 0 Å². The summed E-state index contributed by atoms with van der Waals surface area (Å²) in [5.41, 5.74) is 6.00. The fraction of sp³-hybridized carbons (Fsp3) is 0.692. The van der Waals surface area contributed by atoms with Crippen LogP contribution in [0.3, 0.4) is 0 Å². The van der Waals surface area contributed by atoms with E-state index in [2.05, 4.69) is 52.0 Å². The lowest BCUT2D eigenvalue weighted by molar-refractivity contribution is 0.0997. The first-order chi connectivity index (χ1) is 8.61. The van der Waals surface area contributed by atoms with E-state index < -0.39 is 0 Å². The van der Waals surface area contributed by atoms with Gasteiger partial charge in [-0.1, -0.05) is 0 Å². The molecule has 0 spiro atoms. The van der Waals surface area contributed by atoms with Gasteiger partial charge < -0.3 is 10.6 Å². The molecule has 2 rings (SSSR count). The van der Waals surface area contributed by atoms with Crippen molar-refractivity contribution in [2.45, 2.75) is 24.9 Å². The molecular weight excluding hydrogens is 310 g/mol. The van der Waals surface area contributed by atoms with Gasteiger partial charge in [0, 0.05) is 24.0 Å². The van der Waals surface area contributed by atoms with E-state index in [9.17, 15) is 0 Å². The van der Waals surface area contributed by atoms with Crippen molar-refractivity contribution in [2.75, 3.05) is 33.7 Å². The Hall–Kier alpha value is 0.0600. The van der Waals surface area contributed by atoms with Crippen LogP contribution in [0.25, 0.3) is 0 Å². The fourth-order valence-corrected chi connectivity index (χ4v) is 4.21. The summed E-state index contributed by atoms with van der Waals surface area (Å²) in [6.45, 7) is 3.00. The molecule has 1 aliphatic heterocycles. The van der Waals surface area contributed by atoms with Crippen molar-refractivity contribution in [3.63, 3.8) is 0 Å². The van der Waals surface area contributed by atoms with Crippen molar-refractivity contribution in [2.24, 2.45) is 5.73 Å². The van der Waals surface area contributed by atoms with Crippen LogP contribution in [0.15, 0.2) is 15.9 Å². The van der Waals surface area contributed by atoms with Crippen LogP contribution in [-0.2, 0) is 0 Å². The average molecular weight is 332 g/mol. The Balaban J connectivity index is 2.08. The van der Waals surface area contributed by atoms with E-state index in [1.807, 2.05) is 0 Å². The minimum absolute atomic E-state index is 0.379. The Bertz CT molecular complexity index is 380. The molecule has 1 fully saturated rings. The van der Waals surface area contributed by atoms with E-state index in [0.29, 0.717) is 18.6 Å². The summed E-state index contributed by atoms with van der Waals surface area (Å²) in [6.07, 6.45) is 2.57. The molecule has 0 saturated carbocycles. The van der Waals surface area contributed by atoms with Crippen LogP contribution in [0, 0.1) is 0 Å². The highest BCUT2D eigenvalue weighted by molar-refractivity contribution is 9.11. The summed E-state index contributed by atoms with van der Waals surface area (Å²) in [5, 5.41) is 0. The lowest BCUT2D eigenvalue weighted by Gasteiger charge is -2.39. The van der Waals surface area contributed by atoms with Crippen LogP contribution in [0.5, 0.6) is 0 Å². The minimum atomic E-state index is 0.379. The number of thiophene rings is 1. The highest BCUT2D eigenvalue weighted by atomic mass is 79.9. The summed E-state index contributed by atoms with van der Waals surface area (Å²) in [6, 6.07) is 5.36. The Labute approximate surface area is 122 Å². The first kappa shape index (κ1) is 14.5. The second-order valence-corrected chi connectivity index (χ2v) is 7.64. The van der Waals surface area contributed by atoms with Gasteiger partial charge in [0.2, 0.25) is 0 Å². The SMILES string of the molecule is CN(C)C1CCCN(C(CN)c2ccc(Br)s2)C1. The number of piperidine rings is 1. The molecule has 0 aliphatic carbocycles. The quantitative estimate of drug-likeness (QED) is 0.920. The molecule has 3 nitrogen and oxygen atoms in total. The van der Waals surface area contributed by atoms with Gasteiger partial charge in [0.25, 0.3) is 0 Å². The maximum Gasteiger partial charge on any atom is 0.0702 e. The zero-order chi connectivity index (χ0) is 13.1. The van der Waals surface area contributed by atoms with E-state index in [1.54, 1.807) is 11.3 Å². The predicted octanol–water partition coefficient (Wildman–Crippen LogP) is 2.54. The number of hydrogen-bond donors (Lipinski definition) is 1. The largest absolute Gasteiger partial charge is 0.329 e. The molecule has 2 atom stereocenters. The highest BCUT2D eigenvalue weighted by Crippen LogP contribution is 2.32. The van der Waals surface area contributed by atoms with Crippen LogP contribution in [0.1, 0.15) is 23.8 Å². The van der Waals surface area contributed by atoms with E-state index in [0.717, 1.165) is 6.54 Å². The van der Waals surface area contributed by atoms with E-state index in [-0.39, 0.29) is 0 Å². The number of hydrogen-bond acceptors (Lipinski definition) is 4. The van der Waals surface area contributed by atoms with E-state index in [1.165, 1.54) is 28.0 Å². The van der Waals surface area contributed by atoms with Crippen molar-refractivity contribution in [3.8, 4) is 0 Å². The van der Waals surface area contributed by atoms with Crippen LogP contribution < -0.4 is 5.73 Å². The molecule has 1 saturated heterocycles. The number of likely N-dealkylation sites (N-methyl/N-ethyl adjacent to an activating group) is 1. The molecule has 0 amide bonds. The number of halogens is 1. The van der Waals surface area contributed by atoms with Crippen molar-refractivity contribution < 1.29 is 0 Å². The molecule has 0 radical (unpaired) electrons. The molecule has 2 heterocycles. The van der Waals surface area contributed by atoms with Gasteiger partial charge in [-0.3, -0.25) is 4.90 Å². The summed E-state index contributed by atoms with van der Waals surface area (Å²) in [7, 11) is 4.35. The maximum absolute atomic E-state index is 6.00. The third kappa shape index (κ3) is 3.33. The monoisotopic (exact) mass is 331 g/mol. The Kier molecular flexibility index (Phi) is 5.21. The molecule has 1 aromatic rings. The van der Waals surface area contributed by atoms with Crippen molar-refractivity contribution >= 4 is 27.3 Å². The molecule has 0 aromatic carbocycles. The smallest absolute Gasteiger partial charge is 0.0702 e. The molecule has 1 aliphatic rings. The lowest BCUT2D eigenvalue weighted by Crippen LogP contribution is -2.47. The van der Waals surface area contributed by atoms with Gasteiger partial charge in [0.15, 0.2) is 0 Å². The molecular formula is C13H22BrN3S. The van der Waals surface area contributed by atoms with Gasteiger partial charge in [-0.05, 0) is 61.5 Å². The Morgan fingerprint density at radius 1 is 1.56 bits per heavy atom. The standard InChI is InChI=1S/C13H22BrN3S/c1-16(2)10-4-3-7-17(9-10)11(8-15)12-5-6-13(14)18-12/h5-6,10-11H,3-4,7-9,15H2,1-2H3. The van der Waals surface area contributed by atoms with Gasteiger partial charge in [0.1, 0.15) is 0 Å². The number of likely N-dealkylation sites (tertiary alicyclic amines) is 1. The molecule has 2 unspecified atom stereocenters. The summed E-state index contributed by atoms with van der Waals surface area (Å²) < 4.78 is 1.19. The number of nitrogens with zero attached hydrogens (tertiary/aromatic N) is 2. The Morgan fingerprint density at radius 2 is 2.33 bits per heavy atom. The summed E-state index contributed by atoms with van der Waals surface area (Å²) >= 11 is 5.34. The lowest BCUT2D eigenvalue weighted by atomic mass is 10.0. The topological polar surface area (TPSA) is 32.5 Å². The van der Waals surface area contributed by atoms with Crippen molar-refractivity contribution in [3.05, 3.63) is 20.8 Å². The molecule has 0 bridgehead atoms. The van der Waals surface area contributed by atoms with Crippen LogP contribution in [-0.4, -0.2) is 49.6 Å². The first-order valence-electron chi connectivity index (χ1n) is 6.47. The number of rotatable bonds is 4. The highest BCUT2D eigenvalue weighted by Gasteiger charge is 2.27. The molecule has 18 heavy (non-hydrogen) atoms. The molecule has 2 N–H and O–H groups in total. The minimum Gasteiger partial charge on any atom is -0.329 e.